The first-order valence-electron chi connectivity index (χ1n) is 9.27. The van der Waals surface area contributed by atoms with Crippen LogP contribution in [0.2, 0.25) is 0 Å². The van der Waals surface area contributed by atoms with E-state index in [1.165, 1.54) is 0 Å². The summed E-state index contributed by atoms with van der Waals surface area (Å²) >= 11 is 3.37. The van der Waals surface area contributed by atoms with Crippen LogP contribution in [-0.4, -0.2) is 32.7 Å². The third-order valence-electron chi connectivity index (χ3n) is 4.77. The number of fused-ring (bicyclic) bond motifs is 1. The third kappa shape index (κ3) is 5.11. The molecule has 0 saturated carbocycles. The van der Waals surface area contributed by atoms with Gasteiger partial charge in [-0.1, -0.05) is 24.3 Å². The van der Waals surface area contributed by atoms with Crippen LogP contribution in [0.15, 0.2) is 46.9 Å². The van der Waals surface area contributed by atoms with Crippen LogP contribution in [0.1, 0.15) is 37.4 Å². The van der Waals surface area contributed by atoms with Crippen molar-refractivity contribution in [2.24, 2.45) is 0 Å². The van der Waals surface area contributed by atoms with Crippen LogP contribution in [-0.2, 0) is 14.8 Å². The van der Waals surface area contributed by atoms with Gasteiger partial charge in [0.05, 0.1) is 18.0 Å². The molecule has 0 radical (unpaired) electrons. The fraction of sp³-hybridized carbons (Fsp3) is 0.381. The van der Waals surface area contributed by atoms with E-state index >= 15 is 0 Å². The molecule has 0 aliphatic carbocycles. The normalized spacial score (nSPS) is 17.8. The van der Waals surface area contributed by atoms with E-state index in [9.17, 15) is 13.2 Å². The number of amides is 1. The van der Waals surface area contributed by atoms with Crippen molar-refractivity contribution >= 4 is 37.5 Å². The second kappa shape index (κ2) is 7.99. The smallest absolute Gasteiger partial charge is 0.241 e. The molecule has 8 heteroatoms. The van der Waals surface area contributed by atoms with Crippen molar-refractivity contribution in [2.75, 3.05) is 17.1 Å². The number of hydrogen-bond donors (Lipinski definition) is 1. The Hall–Kier alpha value is -2.06. The van der Waals surface area contributed by atoms with Crippen molar-refractivity contribution in [1.82, 2.24) is 5.32 Å². The Morgan fingerprint density at radius 1 is 1.28 bits per heavy atom. The zero-order valence-electron chi connectivity index (χ0n) is 16.9. The maximum absolute atomic E-state index is 12.9. The summed E-state index contributed by atoms with van der Waals surface area (Å²) < 4.78 is 32.5. The Kier molecular flexibility index (Phi) is 5.96. The van der Waals surface area contributed by atoms with Gasteiger partial charge in [-0.2, -0.15) is 0 Å². The number of halogens is 1. The van der Waals surface area contributed by atoms with Crippen LogP contribution in [0.25, 0.3) is 0 Å². The van der Waals surface area contributed by atoms with Gasteiger partial charge in [-0.25, -0.2) is 8.42 Å². The lowest BCUT2D eigenvalue weighted by atomic mass is 9.89. The van der Waals surface area contributed by atoms with Gasteiger partial charge in [0.15, 0.2) is 0 Å². The van der Waals surface area contributed by atoms with E-state index in [1.807, 2.05) is 39.0 Å². The van der Waals surface area contributed by atoms with Crippen LogP contribution in [0.3, 0.4) is 0 Å². The molecule has 156 valence electrons. The van der Waals surface area contributed by atoms with Gasteiger partial charge in [0, 0.05) is 16.5 Å². The summed E-state index contributed by atoms with van der Waals surface area (Å²) in [5.41, 5.74) is 1.95. The molecule has 1 amide bonds. The number of anilines is 1. The summed E-state index contributed by atoms with van der Waals surface area (Å²) in [6, 6.07) is 12.5. The Morgan fingerprint density at radius 3 is 2.62 bits per heavy atom. The second-order valence-electron chi connectivity index (χ2n) is 7.95. The topological polar surface area (TPSA) is 75.7 Å². The average Bonchev–Trinajstić information content (AvgIpc) is 2.58. The molecule has 0 saturated heterocycles. The minimum Gasteiger partial charge on any atom is -0.487 e. The highest BCUT2D eigenvalue weighted by Crippen LogP contribution is 2.40. The minimum atomic E-state index is -3.65. The van der Waals surface area contributed by atoms with E-state index in [0.29, 0.717) is 16.6 Å². The predicted octanol–water partition coefficient (Wildman–Crippen LogP) is 3.94. The van der Waals surface area contributed by atoms with Gasteiger partial charge >= 0.3 is 0 Å². The van der Waals surface area contributed by atoms with Gasteiger partial charge in [0.25, 0.3) is 0 Å². The fourth-order valence-electron chi connectivity index (χ4n) is 3.49. The molecule has 1 N–H and O–H groups in total. The number of rotatable bonds is 5. The lowest BCUT2D eigenvalue weighted by Crippen LogP contribution is -2.45. The first kappa shape index (κ1) is 21.6. The van der Waals surface area contributed by atoms with Gasteiger partial charge in [-0.05, 0) is 60.5 Å². The Labute approximate surface area is 180 Å². The van der Waals surface area contributed by atoms with Crippen molar-refractivity contribution in [3.05, 3.63) is 58.1 Å². The number of benzene rings is 2. The average molecular weight is 481 g/mol. The number of nitrogens with one attached hydrogen (secondary N) is 1. The van der Waals surface area contributed by atoms with E-state index in [-0.39, 0.29) is 18.5 Å². The number of para-hydroxylation sites is 1. The minimum absolute atomic E-state index is 0.262. The molecule has 0 aromatic heterocycles. The number of aryl methyl sites for hydroxylation is 1. The van der Waals surface area contributed by atoms with Crippen molar-refractivity contribution in [3.8, 4) is 5.75 Å². The predicted molar refractivity (Wildman–Crippen MR) is 118 cm³/mol. The molecule has 0 fully saturated rings. The molecule has 2 aromatic carbocycles. The molecular formula is C21H25BrN2O4S. The second-order valence-corrected chi connectivity index (χ2v) is 10.7. The lowest BCUT2D eigenvalue weighted by molar-refractivity contribution is -0.120. The van der Waals surface area contributed by atoms with E-state index < -0.39 is 15.6 Å². The number of nitrogens with zero attached hydrogens (tertiary/aromatic N) is 1. The maximum Gasteiger partial charge on any atom is 0.241 e. The molecule has 2 aromatic rings. The molecule has 1 aliphatic heterocycles. The quantitative estimate of drug-likeness (QED) is 0.702. The van der Waals surface area contributed by atoms with Gasteiger partial charge in [0.2, 0.25) is 15.9 Å². The Bertz CT molecular complexity index is 1040. The molecule has 0 spiro atoms. The number of sulfonamides is 1. The molecule has 0 bridgehead atoms. The van der Waals surface area contributed by atoms with Crippen LogP contribution in [0.4, 0.5) is 5.69 Å². The summed E-state index contributed by atoms with van der Waals surface area (Å²) in [7, 11) is -3.65. The lowest BCUT2D eigenvalue weighted by Gasteiger charge is -2.38. The van der Waals surface area contributed by atoms with Crippen molar-refractivity contribution in [2.45, 2.75) is 38.8 Å². The molecule has 6 nitrogen and oxygen atoms in total. The first-order valence-corrected chi connectivity index (χ1v) is 11.9. The number of carbonyl (C=O) groups excluding carboxylic acids is 1. The molecule has 29 heavy (non-hydrogen) atoms. The van der Waals surface area contributed by atoms with E-state index in [2.05, 4.69) is 21.2 Å². The fourth-order valence-corrected chi connectivity index (χ4v) is 4.98. The summed E-state index contributed by atoms with van der Waals surface area (Å²) in [5.74, 6) is 0.373. The summed E-state index contributed by atoms with van der Waals surface area (Å²) in [6.45, 7) is 5.63. The van der Waals surface area contributed by atoms with Crippen molar-refractivity contribution in [1.29, 1.82) is 0 Å². The highest BCUT2D eigenvalue weighted by molar-refractivity contribution is 9.10. The van der Waals surface area contributed by atoms with Crippen LogP contribution < -0.4 is 14.4 Å². The van der Waals surface area contributed by atoms with Gasteiger partial charge in [0.1, 0.15) is 17.9 Å². The number of carbonyl (C=O) groups is 1. The third-order valence-corrected chi connectivity index (χ3v) is 6.57. The highest BCUT2D eigenvalue weighted by atomic mass is 79.9. The SMILES string of the molecule is Cc1ccc2c(c1)OC(C)(C)CC2NC(=O)CN(c1ccccc1Br)S(C)(=O)=O. The molecule has 1 atom stereocenters. The summed E-state index contributed by atoms with van der Waals surface area (Å²) in [4.78, 5) is 12.9. The zero-order chi connectivity index (χ0) is 21.4. The monoisotopic (exact) mass is 480 g/mol. The van der Waals surface area contributed by atoms with Gasteiger partial charge in [-0.3, -0.25) is 9.10 Å². The first-order chi connectivity index (χ1) is 13.5. The number of ether oxygens (including phenoxy) is 1. The molecule has 1 heterocycles. The molecule has 1 aliphatic rings. The van der Waals surface area contributed by atoms with Gasteiger partial charge in [-0.15, -0.1) is 0 Å². The maximum atomic E-state index is 12.9. The van der Waals surface area contributed by atoms with E-state index in [0.717, 1.165) is 27.4 Å². The van der Waals surface area contributed by atoms with Crippen molar-refractivity contribution < 1.29 is 17.9 Å². The largest absolute Gasteiger partial charge is 0.487 e. The Morgan fingerprint density at radius 2 is 1.97 bits per heavy atom. The number of hydrogen-bond acceptors (Lipinski definition) is 4. The van der Waals surface area contributed by atoms with Crippen molar-refractivity contribution in [3.63, 3.8) is 0 Å². The summed E-state index contributed by atoms with van der Waals surface area (Å²) in [5, 5.41) is 3.00. The van der Waals surface area contributed by atoms with Crippen LogP contribution >= 0.6 is 15.9 Å². The Balaban J connectivity index is 1.85. The molecular weight excluding hydrogens is 456 g/mol. The van der Waals surface area contributed by atoms with Crippen LogP contribution in [0, 0.1) is 6.92 Å². The highest BCUT2D eigenvalue weighted by Gasteiger charge is 2.35. The van der Waals surface area contributed by atoms with Gasteiger partial charge < -0.3 is 10.1 Å². The summed E-state index contributed by atoms with van der Waals surface area (Å²) in [6.07, 6.45) is 1.68. The van der Waals surface area contributed by atoms with Crippen LogP contribution in [0.5, 0.6) is 5.75 Å². The zero-order valence-corrected chi connectivity index (χ0v) is 19.3. The van der Waals surface area contributed by atoms with E-state index in [4.69, 9.17) is 4.74 Å². The molecule has 3 rings (SSSR count). The standard InChI is InChI=1S/C21H25BrN2O4S/c1-14-9-10-15-17(12-21(2,3)28-19(15)11-14)23-20(25)13-24(29(4,26)27)18-8-6-5-7-16(18)22/h5-11,17H,12-13H2,1-4H3,(H,23,25). The molecule has 1 unspecified atom stereocenters. The van der Waals surface area contributed by atoms with E-state index in [1.54, 1.807) is 24.3 Å².